The second kappa shape index (κ2) is 6.89. The predicted octanol–water partition coefficient (Wildman–Crippen LogP) is 0.744. The van der Waals surface area contributed by atoms with E-state index in [4.69, 9.17) is 0 Å². The highest BCUT2D eigenvalue weighted by Crippen LogP contribution is 2.26. The number of carbonyl (C=O) groups excluding carboxylic acids is 3. The first kappa shape index (κ1) is 15.8. The molecule has 0 spiro atoms. The molecule has 0 aromatic heterocycles. The molecule has 116 valence electrons. The lowest BCUT2D eigenvalue weighted by atomic mass is 9.82. The smallest absolute Gasteiger partial charge is 0.337 e. The van der Waals surface area contributed by atoms with Gasteiger partial charge in [-0.05, 0) is 37.1 Å². The van der Waals surface area contributed by atoms with Gasteiger partial charge in [0.05, 0.1) is 18.6 Å². The van der Waals surface area contributed by atoms with Crippen molar-refractivity contribution >= 4 is 23.5 Å². The normalized spacial score (nSPS) is 20.2. The molecule has 22 heavy (non-hydrogen) atoms. The van der Waals surface area contributed by atoms with Gasteiger partial charge in [-0.25, -0.2) is 4.79 Å². The van der Waals surface area contributed by atoms with Crippen molar-refractivity contribution in [2.75, 3.05) is 12.4 Å². The van der Waals surface area contributed by atoms with E-state index in [1.54, 1.807) is 24.3 Å². The SMILES string of the molecule is COC(=O)c1ccc(NC(=O)[C@H]2CC=CC[C@@H]2C(=O)[O-])cc1. The topological polar surface area (TPSA) is 95.5 Å². The van der Waals surface area contributed by atoms with Gasteiger partial charge in [-0.1, -0.05) is 12.2 Å². The fourth-order valence-electron chi connectivity index (χ4n) is 2.41. The summed E-state index contributed by atoms with van der Waals surface area (Å²) in [6.07, 6.45) is 4.20. The third-order valence-electron chi connectivity index (χ3n) is 3.65. The van der Waals surface area contributed by atoms with E-state index in [0.717, 1.165) is 0 Å². The quantitative estimate of drug-likeness (QED) is 0.654. The number of carboxylic acids is 1. The van der Waals surface area contributed by atoms with Crippen molar-refractivity contribution in [2.24, 2.45) is 11.8 Å². The third kappa shape index (κ3) is 3.52. The zero-order valence-electron chi connectivity index (χ0n) is 12.1. The molecule has 0 radical (unpaired) electrons. The Labute approximate surface area is 127 Å². The van der Waals surface area contributed by atoms with Crippen molar-refractivity contribution in [3.63, 3.8) is 0 Å². The Kier molecular flexibility index (Phi) is 4.93. The number of amides is 1. The molecule has 0 heterocycles. The van der Waals surface area contributed by atoms with Gasteiger partial charge < -0.3 is 20.0 Å². The van der Waals surface area contributed by atoms with Crippen LogP contribution in [0.1, 0.15) is 23.2 Å². The third-order valence-corrected chi connectivity index (χ3v) is 3.65. The molecule has 0 saturated carbocycles. The summed E-state index contributed by atoms with van der Waals surface area (Å²) in [5, 5.41) is 13.8. The standard InChI is InChI=1S/C16H17NO5/c1-22-16(21)10-6-8-11(9-7-10)17-14(18)12-4-2-3-5-13(12)15(19)20/h2-3,6-9,12-13H,4-5H2,1H3,(H,17,18)(H,19,20)/p-1/t12-,13-/m0/s1. The minimum Gasteiger partial charge on any atom is -0.550 e. The van der Waals surface area contributed by atoms with E-state index in [2.05, 4.69) is 10.1 Å². The molecule has 0 saturated heterocycles. The lowest BCUT2D eigenvalue weighted by Gasteiger charge is -2.28. The zero-order chi connectivity index (χ0) is 16.1. The molecule has 2 rings (SSSR count). The molecule has 1 aromatic carbocycles. The highest BCUT2D eigenvalue weighted by molar-refractivity contribution is 5.96. The van der Waals surface area contributed by atoms with Crippen molar-refractivity contribution in [3.05, 3.63) is 42.0 Å². The van der Waals surface area contributed by atoms with Gasteiger partial charge in [0.2, 0.25) is 5.91 Å². The van der Waals surface area contributed by atoms with Gasteiger partial charge in [-0.15, -0.1) is 0 Å². The van der Waals surface area contributed by atoms with Crippen LogP contribution in [0.2, 0.25) is 0 Å². The molecule has 1 aliphatic carbocycles. The molecule has 0 aliphatic heterocycles. The number of allylic oxidation sites excluding steroid dienone is 2. The zero-order valence-corrected chi connectivity index (χ0v) is 12.1. The second-order valence-corrected chi connectivity index (χ2v) is 5.03. The van der Waals surface area contributed by atoms with E-state index < -0.39 is 23.8 Å². The summed E-state index contributed by atoms with van der Waals surface area (Å²) in [7, 11) is 1.29. The van der Waals surface area contributed by atoms with Crippen molar-refractivity contribution in [1.29, 1.82) is 0 Å². The number of anilines is 1. The minimum atomic E-state index is -1.22. The van der Waals surface area contributed by atoms with E-state index in [1.165, 1.54) is 19.2 Å². The molecule has 6 nitrogen and oxygen atoms in total. The highest BCUT2D eigenvalue weighted by Gasteiger charge is 2.29. The Bertz CT molecular complexity index is 605. The van der Waals surface area contributed by atoms with Crippen LogP contribution in [0.25, 0.3) is 0 Å². The van der Waals surface area contributed by atoms with Gasteiger partial charge >= 0.3 is 5.97 Å². The number of nitrogens with one attached hydrogen (secondary N) is 1. The molecule has 0 fully saturated rings. The first-order valence-corrected chi connectivity index (χ1v) is 6.88. The fourth-order valence-corrected chi connectivity index (χ4v) is 2.41. The summed E-state index contributed by atoms with van der Waals surface area (Å²) < 4.78 is 4.59. The largest absolute Gasteiger partial charge is 0.550 e. The molecule has 0 unspecified atom stereocenters. The highest BCUT2D eigenvalue weighted by atomic mass is 16.5. The van der Waals surface area contributed by atoms with Crippen LogP contribution in [-0.4, -0.2) is 25.0 Å². The molecular formula is C16H16NO5-. The molecule has 1 amide bonds. The summed E-state index contributed by atoms with van der Waals surface area (Å²) in [4.78, 5) is 34.7. The number of hydrogen-bond acceptors (Lipinski definition) is 5. The van der Waals surface area contributed by atoms with E-state index in [-0.39, 0.29) is 5.91 Å². The number of benzene rings is 1. The van der Waals surface area contributed by atoms with Crippen LogP contribution in [0.5, 0.6) is 0 Å². The van der Waals surface area contributed by atoms with Crippen LogP contribution in [0, 0.1) is 11.8 Å². The fraction of sp³-hybridized carbons (Fsp3) is 0.312. The average Bonchev–Trinajstić information content (AvgIpc) is 2.54. The van der Waals surface area contributed by atoms with Gasteiger partial charge in [-0.2, -0.15) is 0 Å². The number of carbonyl (C=O) groups is 3. The maximum Gasteiger partial charge on any atom is 0.337 e. The molecular weight excluding hydrogens is 286 g/mol. The van der Waals surface area contributed by atoms with Crippen LogP contribution in [0.4, 0.5) is 5.69 Å². The van der Waals surface area contributed by atoms with E-state index in [9.17, 15) is 19.5 Å². The van der Waals surface area contributed by atoms with Crippen molar-refractivity contribution in [2.45, 2.75) is 12.8 Å². The first-order valence-electron chi connectivity index (χ1n) is 6.88. The number of ether oxygens (including phenoxy) is 1. The van der Waals surface area contributed by atoms with Crippen molar-refractivity contribution < 1.29 is 24.2 Å². The Hall–Kier alpha value is -2.63. The van der Waals surface area contributed by atoms with E-state index >= 15 is 0 Å². The summed E-state index contributed by atoms with van der Waals surface area (Å²) in [5.74, 6) is -3.53. The number of aliphatic carboxylic acids is 1. The van der Waals surface area contributed by atoms with Gasteiger partial charge in [0.1, 0.15) is 0 Å². The first-order chi connectivity index (χ1) is 10.5. The van der Waals surface area contributed by atoms with Gasteiger partial charge in [0.15, 0.2) is 0 Å². The van der Waals surface area contributed by atoms with Crippen LogP contribution in [0.15, 0.2) is 36.4 Å². The van der Waals surface area contributed by atoms with Crippen LogP contribution >= 0.6 is 0 Å². The van der Waals surface area contributed by atoms with E-state index in [1.807, 2.05) is 0 Å². The monoisotopic (exact) mass is 302 g/mol. The Morgan fingerprint density at radius 3 is 2.23 bits per heavy atom. The summed E-state index contributed by atoms with van der Waals surface area (Å²) in [6, 6.07) is 6.19. The Morgan fingerprint density at radius 2 is 1.68 bits per heavy atom. The number of methoxy groups -OCH3 is 1. The number of hydrogen-bond donors (Lipinski definition) is 1. The summed E-state index contributed by atoms with van der Waals surface area (Å²) >= 11 is 0. The molecule has 1 aromatic rings. The molecule has 1 aliphatic rings. The summed E-state index contributed by atoms with van der Waals surface area (Å²) in [6.45, 7) is 0. The molecule has 1 N–H and O–H groups in total. The van der Waals surface area contributed by atoms with E-state index in [0.29, 0.717) is 24.1 Å². The second-order valence-electron chi connectivity index (χ2n) is 5.03. The Balaban J connectivity index is 2.06. The average molecular weight is 302 g/mol. The number of rotatable bonds is 4. The lowest BCUT2D eigenvalue weighted by Crippen LogP contribution is -2.41. The van der Waals surface area contributed by atoms with Gasteiger partial charge in [0.25, 0.3) is 0 Å². The lowest BCUT2D eigenvalue weighted by molar-refractivity contribution is -0.313. The summed E-state index contributed by atoms with van der Waals surface area (Å²) in [5.41, 5.74) is 0.859. The predicted molar refractivity (Wildman–Crippen MR) is 76.8 cm³/mol. The van der Waals surface area contributed by atoms with Gasteiger partial charge in [-0.3, -0.25) is 4.79 Å². The molecule has 6 heteroatoms. The van der Waals surface area contributed by atoms with Crippen LogP contribution in [0.3, 0.4) is 0 Å². The number of esters is 1. The molecule has 2 atom stereocenters. The minimum absolute atomic E-state index is 0.293. The van der Waals surface area contributed by atoms with Crippen molar-refractivity contribution in [1.82, 2.24) is 0 Å². The Morgan fingerprint density at radius 1 is 1.09 bits per heavy atom. The van der Waals surface area contributed by atoms with Crippen molar-refractivity contribution in [3.8, 4) is 0 Å². The van der Waals surface area contributed by atoms with Gasteiger partial charge in [0, 0.05) is 17.6 Å². The maximum absolute atomic E-state index is 12.2. The van der Waals surface area contributed by atoms with Crippen LogP contribution in [-0.2, 0) is 14.3 Å². The molecule has 0 bridgehead atoms. The van der Waals surface area contributed by atoms with Crippen LogP contribution < -0.4 is 10.4 Å². The maximum atomic E-state index is 12.2. The number of carboxylic acid groups (broad SMARTS) is 1.